The highest BCUT2D eigenvalue weighted by molar-refractivity contribution is 7.32. The Morgan fingerprint density at radius 1 is 1.28 bits per heavy atom. The molecule has 0 aromatic heterocycles. The number of benzene rings is 1. The van der Waals surface area contributed by atoms with Gasteiger partial charge in [0.2, 0.25) is 0 Å². The molecule has 0 amide bonds. The minimum Gasteiger partial charge on any atom is -0.426 e. The molecule has 2 atom stereocenters. The summed E-state index contributed by atoms with van der Waals surface area (Å²) in [5, 5.41) is 0. The number of para-hydroxylation sites is 1. The molecule has 0 radical (unpaired) electrons. The first kappa shape index (κ1) is 13.6. The van der Waals surface area contributed by atoms with Crippen molar-refractivity contribution in [2.24, 2.45) is 5.92 Å². The van der Waals surface area contributed by atoms with Gasteiger partial charge in [-0.1, -0.05) is 39.0 Å². The molecule has 1 aromatic rings. The standard InChI is InChI=1S/C14H21O3P/c1-9(2)12-5-4-6-13(10(3)11-7-8-11)14(12)17-18(15)16/h4-6,9-11,18H,7-8H2,1-3H3,(H,15,16). The van der Waals surface area contributed by atoms with Crippen LogP contribution in [0, 0.1) is 5.92 Å². The summed E-state index contributed by atoms with van der Waals surface area (Å²) in [5.74, 6) is 2.03. The monoisotopic (exact) mass is 268 g/mol. The maximum atomic E-state index is 11.1. The van der Waals surface area contributed by atoms with Gasteiger partial charge in [-0.3, -0.25) is 0 Å². The Morgan fingerprint density at radius 3 is 2.39 bits per heavy atom. The second kappa shape index (κ2) is 5.46. The Kier molecular flexibility index (Phi) is 4.14. The van der Waals surface area contributed by atoms with E-state index in [-0.39, 0.29) is 5.92 Å². The molecular weight excluding hydrogens is 247 g/mol. The van der Waals surface area contributed by atoms with Crippen LogP contribution in [0.5, 0.6) is 5.75 Å². The lowest BCUT2D eigenvalue weighted by Crippen LogP contribution is -2.02. The molecule has 1 aliphatic carbocycles. The third kappa shape index (κ3) is 2.96. The van der Waals surface area contributed by atoms with Gasteiger partial charge in [-0.15, -0.1) is 0 Å². The molecule has 1 fully saturated rings. The van der Waals surface area contributed by atoms with Crippen molar-refractivity contribution in [2.75, 3.05) is 0 Å². The molecule has 0 spiro atoms. The second-order valence-corrected chi connectivity index (χ2v) is 6.15. The highest BCUT2D eigenvalue weighted by Gasteiger charge is 2.31. The van der Waals surface area contributed by atoms with Gasteiger partial charge in [0.05, 0.1) is 0 Å². The molecule has 0 heterocycles. The van der Waals surface area contributed by atoms with Crippen LogP contribution in [0.1, 0.15) is 56.6 Å². The van der Waals surface area contributed by atoms with Crippen molar-refractivity contribution in [1.82, 2.24) is 0 Å². The van der Waals surface area contributed by atoms with Gasteiger partial charge in [0.15, 0.2) is 0 Å². The Hall–Kier alpha value is -0.790. The van der Waals surface area contributed by atoms with Gasteiger partial charge in [-0.2, -0.15) is 0 Å². The lowest BCUT2D eigenvalue weighted by molar-refractivity contribution is 0.403. The van der Waals surface area contributed by atoms with E-state index < -0.39 is 8.25 Å². The Bertz CT molecular complexity index is 452. The summed E-state index contributed by atoms with van der Waals surface area (Å²) in [6, 6.07) is 6.02. The van der Waals surface area contributed by atoms with Gasteiger partial charge in [-0.25, -0.2) is 4.57 Å². The van der Waals surface area contributed by atoms with E-state index >= 15 is 0 Å². The molecule has 1 aromatic carbocycles. The summed E-state index contributed by atoms with van der Waals surface area (Å²) in [6.07, 6.45) is 2.50. The fourth-order valence-electron chi connectivity index (χ4n) is 2.44. The third-order valence-electron chi connectivity index (χ3n) is 3.71. The van der Waals surface area contributed by atoms with Gasteiger partial charge < -0.3 is 9.42 Å². The average Bonchev–Trinajstić information content (AvgIpc) is 3.11. The minimum atomic E-state index is -2.95. The van der Waals surface area contributed by atoms with E-state index in [4.69, 9.17) is 9.42 Å². The van der Waals surface area contributed by atoms with E-state index in [1.807, 2.05) is 18.2 Å². The van der Waals surface area contributed by atoms with Gasteiger partial charge in [0, 0.05) is 0 Å². The lowest BCUT2D eigenvalue weighted by Gasteiger charge is -2.20. The minimum absolute atomic E-state index is 0.285. The van der Waals surface area contributed by atoms with E-state index in [1.165, 1.54) is 12.8 Å². The zero-order valence-electron chi connectivity index (χ0n) is 11.1. The van der Waals surface area contributed by atoms with E-state index in [1.54, 1.807) is 0 Å². The molecule has 2 unspecified atom stereocenters. The molecule has 1 N–H and O–H groups in total. The van der Waals surface area contributed by atoms with Gasteiger partial charge in [0.25, 0.3) is 0 Å². The zero-order chi connectivity index (χ0) is 13.3. The smallest absolute Gasteiger partial charge is 0.365 e. The van der Waals surface area contributed by atoms with E-state index in [2.05, 4.69) is 20.8 Å². The van der Waals surface area contributed by atoms with Crippen LogP contribution in [0.4, 0.5) is 0 Å². The molecule has 3 nitrogen and oxygen atoms in total. The maximum absolute atomic E-state index is 11.1. The maximum Gasteiger partial charge on any atom is 0.365 e. The van der Waals surface area contributed by atoms with E-state index in [0.717, 1.165) is 11.1 Å². The third-order valence-corrected chi connectivity index (χ3v) is 4.09. The zero-order valence-corrected chi connectivity index (χ0v) is 12.1. The quantitative estimate of drug-likeness (QED) is 0.818. The summed E-state index contributed by atoms with van der Waals surface area (Å²) >= 11 is 0. The topological polar surface area (TPSA) is 46.5 Å². The largest absolute Gasteiger partial charge is 0.426 e. The highest BCUT2D eigenvalue weighted by atomic mass is 31.1. The number of hydrogen-bond acceptors (Lipinski definition) is 2. The predicted octanol–water partition coefficient (Wildman–Crippen LogP) is 4.08. The molecule has 1 aliphatic rings. The van der Waals surface area contributed by atoms with Gasteiger partial charge in [0.1, 0.15) is 5.75 Å². The van der Waals surface area contributed by atoms with E-state index in [9.17, 15) is 4.57 Å². The van der Waals surface area contributed by atoms with Crippen molar-refractivity contribution >= 4 is 8.25 Å². The molecule has 18 heavy (non-hydrogen) atoms. The van der Waals surface area contributed by atoms with Crippen molar-refractivity contribution in [1.29, 1.82) is 0 Å². The molecule has 0 saturated heterocycles. The van der Waals surface area contributed by atoms with Gasteiger partial charge >= 0.3 is 8.25 Å². The van der Waals surface area contributed by atoms with Crippen LogP contribution < -0.4 is 4.52 Å². The fraction of sp³-hybridized carbons (Fsp3) is 0.571. The van der Waals surface area contributed by atoms with E-state index in [0.29, 0.717) is 17.6 Å². The summed E-state index contributed by atoms with van der Waals surface area (Å²) in [4.78, 5) is 9.10. The lowest BCUT2D eigenvalue weighted by atomic mass is 9.90. The van der Waals surface area contributed by atoms with Crippen LogP contribution in [0.15, 0.2) is 18.2 Å². The van der Waals surface area contributed by atoms with Gasteiger partial charge in [-0.05, 0) is 41.7 Å². The van der Waals surface area contributed by atoms with Crippen molar-refractivity contribution in [3.63, 3.8) is 0 Å². The van der Waals surface area contributed by atoms with Crippen LogP contribution in [0.25, 0.3) is 0 Å². The number of rotatable bonds is 5. The van der Waals surface area contributed by atoms with Crippen LogP contribution in [-0.4, -0.2) is 4.89 Å². The second-order valence-electron chi connectivity index (χ2n) is 5.41. The number of hydrogen-bond donors (Lipinski definition) is 1. The van der Waals surface area contributed by atoms with Crippen molar-refractivity contribution < 1.29 is 14.0 Å². The summed E-state index contributed by atoms with van der Waals surface area (Å²) in [5.41, 5.74) is 2.10. The molecule has 4 heteroatoms. The van der Waals surface area contributed by atoms with Crippen LogP contribution in [-0.2, 0) is 4.57 Å². The molecule has 0 aliphatic heterocycles. The Labute approximate surface area is 109 Å². The Balaban J connectivity index is 2.42. The molecule has 0 bridgehead atoms. The predicted molar refractivity (Wildman–Crippen MR) is 73.5 cm³/mol. The van der Waals surface area contributed by atoms with Crippen molar-refractivity contribution in [2.45, 2.75) is 45.4 Å². The molecular formula is C14H21O3P. The van der Waals surface area contributed by atoms with Crippen LogP contribution >= 0.6 is 8.25 Å². The Morgan fingerprint density at radius 2 is 1.89 bits per heavy atom. The van der Waals surface area contributed by atoms with Crippen molar-refractivity contribution in [3.05, 3.63) is 29.3 Å². The fourth-order valence-corrected chi connectivity index (χ4v) is 2.85. The summed E-state index contributed by atoms with van der Waals surface area (Å²) in [6.45, 7) is 6.32. The first-order valence-electron chi connectivity index (χ1n) is 6.54. The molecule has 1 saturated carbocycles. The molecule has 100 valence electrons. The first-order valence-corrected chi connectivity index (χ1v) is 7.80. The normalized spacial score (nSPS) is 18.7. The molecule has 2 rings (SSSR count). The van der Waals surface area contributed by atoms with Crippen molar-refractivity contribution in [3.8, 4) is 5.75 Å². The SMILES string of the molecule is CC(C)c1cccc(C(C)C2CC2)c1O[PH](=O)O. The summed E-state index contributed by atoms with van der Waals surface area (Å²) < 4.78 is 16.3. The average molecular weight is 268 g/mol. The van der Waals surface area contributed by atoms with Crippen LogP contribution in [0.3, 0.4) is 0 Å². The van der Waals surface area contributed by atoms with Crippen LogP contribution in [0.2, 0.25) is 0 Å². The summed E-state index contributed by atoms with van der Waals surface area (Å²) in [7, 11) is -2.95. The first-order chi connectivity index (χ1) is 8.50. The highest BCUT2D eigenvalue weighted by Crippen LogP contribution is 2.47.